The van der Waals surface area contributed by atoms with Gasteiger partial charge in [-0.25, -0.2) is 4.79 Å². The monoisotopic (exact) mass is 220 g/mol. The highest BCUT2D eigenvalue weighted by atomic mass is 35.5. The van der Waals surface area contributed by atoms with Gasteiger partial charge in [0, 0.05) is 6.54 Å². The molecule has 5 heteroatoms. The van der Waals surface area contributed by atoms with Gasteiger partial charge >= 0.3 is 5.97 Å². The van der Waals surface area contributed by atoms with Crippen molar-refractivity contribution in [3.8, 4) is 0 Å². The molecule has 0 N–H and O–H groups in total. The Kier molecular flexibility index (Phi) is 3.63. The van der Waals surface area contributed by atoms with Crippen molar-refractivity contribution in [2.24, 2.45) is 0 Å². The van der Waals surface area contributed by atoms with Crippen molar-refractivity contribution in [1.29, 1.82) is 0 Å². The quantitative estimate of drug-likeness (QED) is 0.522. The summed E-state index contributed by atoms with van der Waals surface area (Å²) >= 11 is 5.38. The molecule has 1 amide bonds. The molecular formula is C9H14ClNO3. The number of amides is 1. The molecule has 0 aromatic rings. The molecule has 2 atom stereocenters. The zero-order valence-corrected chi connectivity index (χ0v) is 8.79. The Morgan fingerprint density at radius 1 is 1.71 bits per heavy atom. The molecule has 1 rings (SSSR count). The van der Waals surface area contributed by atoms with Gasteiger partial charge in [-0.3, -0.25) is 4.79 Å². The summed E-state index contributed by atoms with van der Waals surface area (Å²) in [6.45, 7) is 2.49. The highest BCUT2D eigenvalue weighted by Gasteiger charge is 2.34. The second-order valence-corrected chi connectivity index (χ2v) is 3.27. The van der Waals surface area contributed by atoms with E-state index >= 15 is 0 Å². The molecule has 0 radical (unpaired) electrons. The first kappa shape index (κ1) is 9.77. The number of carbonyl (C=O) groups is 2. The Labute approximate surface area is 89.6 Å². The summed E-state index contributed by atoms with van der Waals surface area (Å²) < 4.78 is 12.0. The van der Waals surface area contributed by atoms with Crippen LogP contribution in [0.1, 0.15) is 21.1 Å². The van der Waals surface area contributed by atoms with E-state index in [9.17, 15) is 9.59 Å². The van der Waals surface area contributed by atoms with Gasteiger partial charge in [-0.2, -0.15) is 0 Å². The molecule has 0 aromatic carbocycles. The maximum atomic E-state index is 11.5. The summed E-state index contributed by atoms with van der Waals surface area (Å²) in [5.74, 6) is -2.26. The number of rotatable bonds is 3. The molecule has 0 aliphatic carbocycles. The molecule has 0 aromatic heterocycles. The minimum Gasteiger partial charge on any atom is -0.464 e. The summed E-state index contributed by atoms with van der Waals surface area (Å²) in [5, 5.41) is 0. The second-order valence-electron chi connectivity index (χ2n) is 3.05. The molecule has 0 spiro atoms. The van der Waals surface area contributed by atoms with Crippen LogP contribution in [0.3, 0.4) is 0 Å². The predicted octanol–water partition coefficient (Wildman–Crippen LogP) is 0.779. The van der Waals surface area contributed by atoms with Crippen LogP contribution in [-0.4, -0.2) is 41.8 Å². The Bertz CT molecular complexity index is 260. The molecule has 80 valence electrons. The van der Waals surface area contributed by atoms with Gasteiger partial charge in [-0.05, 0) is 19.8 Å². The topological polar surface area (TPSA) is 46.6 Å². The van der Waals surface area contributed by atoms with E-state index in [1.807, 2.05) is 0 Å². The van der Waals surface area contributed by atoms with Crippen LogP contribution in [0.5, 0.6) is 0 Å². The first-order chi connectivity index (χ1) is 7.07. The number of nitrogens with zero attached hydrogens (tertiary/aromatic N) is 1. The zero-order chi connectivity index (χ0) is 11.4. The smallest absolute Gasteiger partial charge is 0.328 e. The molecular weight excluding hydrogens is 206 g/mol. The van der Waals surface area contributed by atoms with Crippen LogP contribution in [0.4, 0.5) is 0 Å². The fourth-order valence-electron chi connectivity index (χ4n) is 1.58. The highest BCUT2D eigenvalue weighted by molar-refractivity contribution is 6.27. The Morgan fingerprint density at radius 3 is 3.00 bits per heavy atom. The summed E-state index contributed by atoms with van der Waals surface area (Å²) in [4.78, 5) is 24.3. The SMILES string of the molecule is [2H]C(Cl)C(=O)N1CCC[C@H]1C(=O)OCC. The van der Waals surface area contributed by atoms with Gasteiger partial charge in [0.2, 0.25) is 5.91 Å². The minimum absolute atomic E-state index is 0.294. The van der Waals surface area contributed by atoms with Crippen molar-refractivity contribution >= 4 is 23.5 Å². The average molecular weight is 221 g/mol. The third kappa shape index (κ3) is 2.38. The molecule has 1 heterocycles. The van der Waals surface area contributed by atoms with Gasteiger partial charge in [0.1, 0.15) is 11.9 Å². The van der Waals surface area contributed by atoms with E-state index in [1.165, 1.54) is 4.90 Å². The highest BCUT2D eigenvalue weighted by Crippen LogP contribution is 2.18. The fourth-order valence-corrected chi connectivity index (χ4v) is 1.70. The standard InChI is InChI=1S/C9H14ClNO3/c1-2-14-9(13)7-4-3-5-11(7)8(12)6-10/h7H,2-6H2,1H3/t7-/m0/s1/i6D/t6?,7-. The Hall–Kier alpha value is -0.770. The molecule has 0 saturated carbocycles. The van der Waals surface area contributed by atoms with Gasteiger partial charge < -0.3 is 9.64 Å². The first-order valence-corrected chi connectivity index (χ1v) is 5.05. The normalized spacial score (nSPS) is 24.3. The molecule has 0 bridgehead atoms. The number of carbonyl (C=O) groups excluding carboxylic acids is 2. The molecule has 1 aliphatic heterocycles. The van der Waals surface area contributed by atoms with Crippen molar-refractivity contribution in [3.63, 3.8) is 0 Å². The van der Waals surface area contributed by atoms with Crippen molar-refractivity contribution in [2.75, 3.05) is 19.0 Å². The summed E-state index contributed by atoms with van der Waals surface area (Å²) in [5.41, 5.74) is 0. The molecule has 1 unspecified atom stereocenters. The van der Waals surface area contributed by atoms with Crippen LogP contribution in [0.15, 0.2) is 0 Å². The van der Waals surface area contributed by atoms with Crippen molar-refractivity contribution in [1.82, 2.24) is 4.90 Å². The number of esters is 1. The number of ether oxygens (including phenoxy) is 1. The van der Waals surface area contributed by atoms with Crippen molar-refractivity contribution < 1.29 is 15.7 Å². The van der Waals surface area contributed by atoms with Gasteiger partial charge in [-0.15, -0.1) is 11.6 Å². The molecule has 1 aliphatic rings. The van der Waals surface area contributed by atoms with Crippen molar-refractivity contribution in [3.05, 3.63) is 0 Å². The number of halogens is 1. The Morgan fingerprint density at radius 2 is 2.43 bits per heavy atom. The summed E-state index contributed by atoms with van der Waals surface area (Å²) in [7, 11) is 0. The lowest BCUT2D eigenvalue weighted by atomic mass is 10.2. The minimum atomic E-state index is -1.33. The maximum Gasteiger partial charge on any atom is 0.328 e. The predicted molar refractivity (Wildman–Crippen MR) is 52.1 cm³/mol. The Balaban J connectivity index is 2.64. The second kappa shape index (κ2) is 5.20. The van der Waals surface area contributed by atoms with Crippen molar-refractivity contribution in [2.45, 2.75) is 25.8 Å². The molecule has 4 nitrogen and oxygen atoms in total. The van der Waals surface area contributed by atoms with E-state index in [2.05, 4.69) is 0 Å². The van der Waals surface area contributed by atoms with Crippen LogP contribution >= 0.6 is 11.6 Å². The van der Waals surface area contributed by atoms with Crippen LogP contribution in [0, 0.1) is 0 Å². The molecule has 1 fully saturated rings. The zero-order valence-electron chi connectivity index (χ0n) is 9.03. The third-order valence-electron chi connectivity index (χ3n) is 2.19. The van der Waals surface area contributed by atoms with Gasteiger partial charge in [0.05, 0.1) is 7.98 Å². The summed E-state index contributed by atoms with van der Waals surface area (Å²) in [6, 6.07) is -0.552. The van der Waals surface area contributed by atoms with E-state index in [0.29, 0.717) is 19.6 Å². The van der Waals surface area contributed by atoms with Crippen LogP contribution in [0.25, 0.3) is 0 Å². The van der Waals surface area contributed by atoms with Gasteiger partial charge in [-0.1, -0.05) is 0 Å². The van der Waals surface area contributed by atoms with Crippen LogP contribution < -0.4 is 0 Å². The van der Waals surface area contributed by atoms with E-state index in [1.54, 1.807) is 6.92 Å². The summed E-state index contributed by atoms with van der Waals surface area (Å²) in [6.07, 6.45) is 1.34. The van der Waals surface area contributed by atoms with E-state index in [4.69, 9.17) is 17.7 Å². The third-order valence-corrected chi connectivity index (χ3v) is 2.37. The number of hydrogen-bond donors (Lipinski definition) is 0. The number of alkyl halides is 1. The van der Waals surface area contributed by atoms with E-state index in [0.717, 1.165) is 6.42 Å². The largest absolute Gasteiger partial charge is 0.464 e. The van der Waals surface area contributed by atoms with E-state index < -0.39 is 23.8 Å². The van der Waals surface area contributed by atoms with Crippen LogP contribution in [0.2, 0.25) is 0 Å². The lowest BCUT2D eigenvalue weighted by Gasteiger charge is -2.21. The molecule has 14 heavy (non-hydrogen) atoms. The van der Waals surface area contributed by atoms with Gasteiger partial charge in [0.25, 0.3) is 0 Å². The lowest BCUT2D eigenvalue weighted by molar-refractivity contribution is -0.152. The fraction of sp³-hybridized carbons (Fsp3) is 0.778. The van der Waals surface area contributed by atoms with E-state index in [-0.39, 0.29) is 0 Å². The maximum absolute atomic E-state index is 11.5. The van der Waals surface area contributed by atoms with Crippen LogP contribution in [-0.2, 0) is 14.3 Å². The number of likely N-dealkylation sites (tertiary alicyclic amines) is 1. The first-order valence-electron chi connectivity index (χ1n) is 5.19. The number of hydrogen-bond acceptors (Lipinski definition) is 3. The average Bonchev–Trinajstić information content (AvgIpc) is 2.65. The lowest BCUT2D eigenvalue weighted by Crippen LogP contribution is -2.42. The molecule has 1 saturated heterocycles. The van der Waals surface area contributed by atoms with Gasteiger partial charge in [0.15, 0.2) is 0 Å².